The van der Waals surface area contributed by atoms with Crippen molar-refractivity contribution in [1.29, 1.82) is 0 Å². The van der Waals surface area contributed by atoms with E-state index < -0.39 is 0 Å². The number of nitrogens with one attached hydrogen (secondary N) is 1. The Hall–Kier alpha value is -1.26. The van der Waals surface area contributed by atoms with Gasteiger partial charge in [0.2, 0.25) is 5.91 Å². The number of nitrogens with zero attached hydrogens (tertiary/aromatic N) is 2. The van der Waals surface area contributed by atoms with Crippen molar-refractivity contribution in [1.82, 2.24) is 10.2 Å². The maximum Gasteiger partial charge on any atom is 0.219 e. The molecule has 1 saturated heterocycles. The molecule has 1 amide bonds. The summed E-state index contributed by atoms with van der Waals surface area (Å²) in [5.74, 6) is 0.149. The fourth-order valence-corrected chi connectivity index (χ4v) is 3.04. The fourth-order valence-electron chi connectivity index (χ4n) is 2.74. The van der Waals surface area contributed by atoms with Gasteiger partial charge in [0.1, 0.15) is 0 Å². The molecule has 1 fully saturated rings. The SMILES string of the molecule is CCNC(C)c1ccc(N2CCN(C(C)=O)CC2)c(Cl)c1. The van der Waals surface area contributed by atoms with Crippen LogP contribution in [0.3, 0.4) is 0 Å². The van der Waals surface area contributed by atoms with Crippen LogP contribution in [0.5, 0.6) is 0 Å². The van der Waals surface area contributed by atoms with E-state index in [9.17, 15) is 4.79 Å². The van der Waals surface area contributed by atoms with Gasteiger partial charge < -0.3 is 15.1 Å². The van der Waals surface area contributed by atoms with Gasteiger partial charge in [-0.25, -0.2) is 0 Å². The number of carbonyl (C=O) groups excluding carboxylic acids is 1. The number of amides is 1. The minimum Gasteiger partial charge on any atom is -0.367 e. The molecule has 1 heterocycles. The molecule has 21 heavy (non-hydrogen) atoms. The van der Waals surface area contributed by atoms with Gasteiger partial charge in [0.05, 0.1) is 10.7 Å². The second-order valence-corrected chi connectivity index (χ2v) is 5.89. The van der Waals surface area contributed by atoms with Crippen LogP contribution in [-0.2, 0) is 4.79 Å². The normalized spacial score (nSPS) is 17.0. The van der Waals surface area contributed by atoms with Gasteiger partial charge in [-0.2, -0.15) is 0 Å². The molecular formula is C16H24ClN3O. The molecule has 0 aliphatic carbocycles. The average Bonchev–Trinajstić information content (AvgIpc) is 2.47. The number of hydrogen-bond donors (Lipinski definition) is 1. The Labute approximate surface area is 132 Å². The average molecular weight is 310 g/mol. The molecule has 0 bridgehead atoms. The number of hydrogen-bond acceptors (Lipinski definition) is 3. The van der Waals surface area contributed by atoms with Crippen molar-refractivity contribution in [3.63, 3.8) is 0 Å². The van der Waals surface area contributed by atoms with Crippen LogP contribution >= 0.6 is 11.6 Å². The zero-order valence-corrected chi connectivity index (χ0v) is 13.8. The standard InChI is InChI=1S/C16H24ClN3O/c1-4-18-12(2)14-5-6-16(15(17)11-14)20-9-7-19(8-10-20)13(3)21/h5-6,11-12,18H,4,7-10H2,1-3H3. The first-order valence-electron chi connectivity index (χ1n) is 7.56. The molecule has 116 valence electrons. The van der Waals surface area contributed by atoms with Crippen molar-refractivity contribution in [2.45, 2.75) is 26.8 Å². The van der Waals surface area contributed by atoms with Crippen LogP contribution in [0.2, 0.25) is 5.02 Å². The molecule has 1 unspecified atom stereocenters. The molecule has 5 heteroatoms. The number of halogens is 1. The van der Waals surface area contributed by atoms with Crippen molar-refractivity contribution in [3.05, 3.63) is 28.8 Å². The maximum atomic E-state index is 11.4. The van der Waals surface area contributed by atoms with Crippen LogP contribution in [0.25, 0.3) is 0 Å². The van der Waals surface area contributed by atoms with Crippen molar-refractivity contribution in [2.24, 2.45) is 0 Å². The number of piperazine rings is 1. The molecule has 1 aliphatic heterocycles. The molecule has 0 saturated carbocycles. The third-order valence-electron chi connectivity index (χ3n) is 4.05. The first-order chi connectivity index (χ1) is 10.0. The van der Waals surface area contributed by atoms with Gasteiger partial charge in [0.25, 0.3) is 0 Å². The number of benzene rings is 1. The number of anilines is 1. The van der Waals surface area contributed by atoms with Gasteiger partial charge in [0.15, 0.2) is 0 Å². The summed E-state index contributed by atoms with van der Waals surface area (Å²) in [6.45, 7) is 10.00. The van der Waals surface area contributed by atoms with E-state index in [1.165, 1.54) is 5.56 Å². The highest BCUT2D eigenvalue weighted by molar-refractivity contribution is 6.33. The van der Waals surface area contributed by atoms with E-state index in [0.717, 1.165) is 43.4 Å². The zero-order chi connectivity index (χ0) is 15.4. The van der Waals surface area contributed by atoms with Crippen LogP contribution in [-0.4, -0.2) is 43.5 Å². The summed E-state index contributed by atoms with van der Waals surface area (Å²) in [6.07, 6.45) is 0. The summed E-state index contributed by atoms with van der Waals surface area (Å²) in [5.41, 5.74) is 2.26. The lowest BCUT2D eigenvalue weighted by molar-refractivity contribution is -0.129. The summed E-state index contributed by atoms with van der Waals surface area (Å²) in [5, 5.41) is 4.18. The molecule has 0 aromatic heterocycles. The lowest BCUT2D eigenvalue weighted by Crippen LogP contribution is -2.48. The molecule has 4 nitrogen and oxygen atoms in total. The largest absolute Gasteiger partial charge is 0.367 e. The Morgan fingerprint density at radius 1 is 1.33 bits per heavy atom. The monoisotopic (exact) mass is 309 g/mol. The van der Waals surface area contributed by atoms with E-state index in [-0.39, 0.29) is 5.91 Å². The van der Waals surface area contributed by atoms with Crippen LogP contribution in [0, 0.1) is 0 Å². The third-order valence-corrected chi connectivity index (χ3v) is 4.35. The first kappa shape index (κ1) is 16.1. The molecule has 0 radical (unpaired) electrons. The number of carbonyl (C=O) groups is 1. The predicted octanol–water partition coefficient (Wildman–Crippen LogP) is 2.68. The predicted molar refractivity (Wildman–Crippen MR) is 88.0 cm³/mol. The summed E-state index contributed by atoms with van der Waals surface area (Å²) < 4.78 is 0. The Balaban J connectivity index is 2.06. The minimum atomic E-state index is 0.149. The van der Waals surface area contributed by atoms with Gasteiger partial charge in [0, 0.05) is 39.1 Å². The first-order valence-corrected chi connectivity index (χ1v) is 7.94. The molecule has 1 atom stereocenters. The van der Waals surface area contributed by atoms with Gasteiger partial charge in [-0.3, -0.25) is 4.79 Å². The van der Waals surface area contributed by atoms with Gasteiger partial charge >= 0.3 is 0 Å². The molecular weight excluding hydrogens is 286 g/mol. The van der Waals surface area contributed by atoms with E-state index in [0.29, 0.717) is 6.04 Å². The van der Waals surface area contributed by atoms with Gasteiger partial charge in [-0.05, 0) is 31.2 Å². The Bertz CT molecular complexity index is 498. The highest BCUT2D eigenvalue weighted by atomic mass is 35.5. The quantitative estimate of drug-likeness (QED) is 0.929. The lowest BCUT2D eigenvalue weighted by atomic mass is 10.1. The Morgan fingerprint density at radius 2 is 2.00 bits per heavy atom. The molecule has 1 aromatic rings. The summed E-state index contributed by atoms with van der Waals surface area (Å²) in [4.78, 5) is 15.5. The summed E-state index contributed by atoms with van der Waals surface area (Å²) in [7, 11) is 0. The van der Waals surface area contributed by atoms with Crippen LogP contribution in [0.15, 0.2) is 18.2 Å². The van der Waals surface area contributed by atoms with Crippen molar-refractivity contribution >= 4 is 23.2 Å². The van der Waals surface area contributed by atoms with Gasteiger partial charge in [-0.1, -0.05) is 24.6 Å². The van der Waals surface area contributed by atoms with E-state index in [2.05, 4.69) is 36.2 Å². The van der Waals surface area contributed by atoms with Crippen LogP contribution < -0.4 is 10.2 Å². The highest BCUT2D eigenvalue weighted by Crippen LogP contribution is 2.29. The summed E-state index contributed by atoms with van der Waals surface area (Å²) >= 11 is 6.46. The van der Waals surface area contributed by atoms with Crippen LogP contribution in [0.1, 0.15) is 32.4 Å². The molecule has 0 spiro atoms. The van der Waals surface area contributed by atoms with Gasteiger partial charge in [-0.15, -0.1) is 0 Å². The molecule has 2 rings (SSSR count). The van der Waals surface area contributed by atoms with Crippen molar-refractivity contribution in [2.75, 3.05) is 37.6 Å². The molecule has 1 N–H and O–H groups in total. The number of rotatable bonds is 4. The second kappa shape index (κ2) is 7.14. The van der Waals surface area contributed by atoms with Crippen molar-refractivity contribution in [3.8, 4) is 0 Å². The summed E-state index contributed by atoms with van der Waals surface area (Å²) in [6, 6.07) is 6.57. The van der Waals surface area contributed by atoms with E-state index in [1.807, 2.05) is 11.0 Å². The molecule has 1 aromatic carbocycles. The highest BCUT2D eigenvalue weighted by Gasteiger charge is 2.20. The smallest absolute Gasteiger partial charge is 0.219 e. The Kier molecular flexibility index (Phi) is 5.48. The maximum absolute atomic E-state index is 11.4. The second-order valence-electron chi connectivity index (χ2n) is 5.48. The fraction of sp³-hybridized carbons (Fsp3) is 0.562. The zero-order valence-electron chi connectivity index (χ0n) is 13.0. The minimum absolute atomic E-state index is 0.149. The molecule has 1 aliphatic rings. The van der Waals surface area contributed by atoms with E-state index in [4.69, 9.17) is 11.6 Å². The topological polar surface area (TPSA) is 35.6 Å². The van der Waals surface area contributed by atoms with Crippen molar-refractivity contribution < 1.29 is 4.79 Å². The lowest BCUT2D eigenvalue weighted by Gasteiger charge is -2.36. The van der Waals surface area contributed by atoms with Crippen LogP contribution in [0.4, 0.5) is 5.69 Å². The Morgan fingerprint density at radius 3 is 2.52 bits per heavy atom. The van der Waals surface area contributed by atoms with E-state index in [1.54, 1.807) is 6.92 Å². The van der Waals surface area contributed by atoms with E-state index >= 15 is 0 Å². The third kappa shape index (κ3) is 3.89.